The van der Waals surface area contributed by atoms with E-state index in [-0.39, 0.29) is 5.41 Å². The molecular weight excluding hydrogens is 172 g/mol. The third-order valence-electron chi connectivity index (χ3n) is 1.90. The second-order valence-electron chi connectivity index (χ2n) is 3.68. The average Bonchev–Trinajstić information content (AvgIpc) is 2.19. The molecule has 0 unspecified atom stereocenters. The molecule has 2 aliphatic heterocycles. The zero-order valence-electron chi connectivity index (χ0n) is 9.36. The lowest BCUT2D eigenvalue weighted by Gasteiger charge is -2.27. The Labute approximate surface area is 86.3 Å². The van der Waals surface area contributed by atoms with E-state index in [1.807, 2.05) is 43.4 Å². The van der Waals surface area contributed by atoms with Crippen LogP contribution in [0, 0.1) is 5.41 Å². The second-order valence-corrected chi connectivity index (χ2v) is 3.68. The molecule has 0 aromatic rings. The van der Waals surface area contributed by atoms with Crippen molar-refractivity contribution in [1.29, 1.82) is 0 Å². The van der Waals surface area contributed by atoms with Crippen LogP contribution in [0.2, 0.25) is 0 Å². The van der Waals surface area contributed by atoms with E-state index in [1.54, 1.807) is 0 Å². The largest absolute Gasteiger partial charge is 0.242 e. The van der Waals surface area contributed by atoms with E-state index >= 15 is 0 Å². The van der Waals surface area contributed by atoms with Gasteiger partial charge in [0, 0.05) is 17.8 Å². The van der Waals surface area contributed by atoms with Gasteiger partial charge in [0.25, 0.3) is 0 Å². The van der Waals surface area contributed by atoms with Gasteiger partial charge in [-0.05, 0) is 18.2 Å². The number of hydrogen-bond acceptors (Lipinski definition) is 2. The Balaban J connectivity index is 0.000000461. The molecule has 0 aromatic carbocycles. The SMILES string of the molecule is CC.CC1(C)C=NN2C=CC=CC2=C1. The third kappa shape index (κ3) is 2.34. The molecule has 2 heterocycles. The quantitative estimate of drug-likeness (QED) is 0.572. The van der Waals surface area contributed by atoms with Crippen LogP contribution in [-0.2, 0) is 0 Å². The van der Waals surface area contributed by atoms with Gasteiger partial charge in [-0.15, -0.1) is 0 Å². The molecule has 2 heteroatoms. The number of allylic oxidation sites excluding steroid dienone is 4. The lowest BCUT2D eigenvalue weighted by Crippen LogP contribution is -2.23. The third-order valence-corrected chi connectivity index (χ3v) is 1.90. The molecule has 2 rings (SSSR count). The highest BCUT2D eigenvalue weighted by Gasteiger charge is 2.19. The van der Waals surface area contributed by atoms with Crippen molar-refractivity contribution in [2.24, 2.45) is 10.5 Å². The minimum absolute atomic E-state index is 0.0847. The van der Waals surface area contributed by atoms with Gasteiger partial charge >= 0.3 is 0 Å². The summed E-state index contributed by atoms with van der Waals surface area (Å²) in [4.78, 5) is 0. The highest BCUT2D eigenvalue weighted by molar-refractivity contribution is 5.69. The molecule has 0 saturated heterocycles. The van der Waals surface area contributed by atoms with Crippen molar-refractivity contribution in [3.8, 4) is 0 Å². The summed E-state index contributed by atoms with van der Waals surface area (Å²) < 4.78 is 0. The summed E-state index contributed by atoms with van der Waals surface area (Å²) in [6.45, 7) is 8.29. The molecule has 76 valence electrons. The van der Waals surface area contributed by atoms with Crippen LogP contribution >= 0.6 is 0 Å². The van der Waals surface area contributed by atoms with Gasteiger partial charge in [0.2, 0.25) is 0 Å². The van der Waals surface area contributed by atoms with Gasteiger partial charge in [0.1, 0.15) is 0 Å². The van der Waals surface area contributed by atoms with Crippen LogP contribution in [0.3, 0.4) is 0 Å². The fourth-order valence-electron chi connectivity index (χ4n) is 1.30. The highest BCUT2D eigenvalue weighted by Crippen LogP contribution is 2.26. The van der Waals surface area contributed by atoms with Gasteiger partial charge in [-0.2, -0.15) is 5.10 Å². The smallest absolute Gasteiger partial charge is 0.0614 e. The van der Waals surface area contributed by atoms with Crippen molar-refractivity contribution in [1.82, 2.24) is 5.01 Å². The van der Waals surface area contributed by atoms with E-state index in [2.05, 4.69) is 31.1 Å². The number of hydrazone groups is 1. The molecule has 0 aliphatic carbocycles. The maximum Gasteiger partial charge on any atom is 0.0614 e. The maximum atomic E-state index is 4.31. The van der Waals surface area contributed by atoms with Crippen molar-refractivity contribution in [2.45, 2.75) is 27.7 Å². The van der Waals surface area contributed by atoms with Crippen LogP contribution in [0.1, 0.15) is 27.7 Å². The first kappa shape index (κ1) is 10.8. The van der Waals surface area contributed by atoms with Crippen LogP contribution in [0.4, 0.5) is 0 Å². The van der Waals surface area contributed by atoms with Crippen LogP contribution in [0.5, 0.6) is 0 Å². The molecule has 14 heavy (non-hydrogen) atoms. The minimum atomic E-state index is 0.0847. The molecule has 2 aliphatic rings. The predicted molar refractivity (Wildman–Crippen MR) is 61.8 cm³/mol. The standard InChI is InChI=1S/C10H12N2.C2H6/c1-10(2)7-9-5-3-4-6-12(9)11-8-10;1-2/h3-8H,1-2H3;1-2H3. The lowest BCUT2D eigenvalue weighted by molar-refractivity contribution is 0.470. The Hall–Kier alpha value is -1.31. The van der Waals surface area contributed by atoms with E-state index in [0.29, 0.717) is 0 Å². The van der Waals surface area contributed by atoms with E-state index in [9.17, 15) is 0 Å². The molecule has 0 fully saturated rings. The van der Waals surface area contributed by atoms with E-state index in [1.165, 1.54) is 0 Å². The van der Waals surface area contributed by atoms with Crippen molar-refractivity contribution in [3.05, 3.63) is 36.2 Å². The monoisotopic (exact) mass is 190 g/mol. The molecule has 0 N–H and O–H groups in total. The fraction of sp³-hybridized carbons (Fsp3) is 0.417. The van der Waals surface area contributed by atoms with Crippen molar-refractivity contribution < 1.29 is 0 Å². The summed E-state index contributed by atoms with van der Waals surface area (Å²) >= 11 is 0. The van der Waals surface area contributed by atoms with Gasteiger partial charge in [-0.1, -0.05) is 33.8 Å². The fourth-order valence-corrected chi connectivity index (χ4v) is 1.30. The van der Waals surface area contributed by atoms with Gasteiger partial charge in [0.05, 0.1) is 5.70 Å². The Kier molecular flexibility index (Phi) is 3.28. The van der Waals surface area contributed by atoms with E-state index < -0.39 is 0 Å². The summed E-state index contributed by atoms with van der Waals surface area (Å²) in [6, 6.07) is 0. The van der Waals surface area contributed by atoms with Gasteiger partial charge in [-0.25, -0.2) is 5.01 Å². The van der Waals surface area contributed by atoms with Crippen molar-refractivity contribution >= 4 is 6.21 Å². The molecule has 0 atom stereocenters. The van der Waals surface area contributed by atoms with Crippen molar-refractivity contribution in [2.75, 3.05) is 0 Å². The van der Waals surface area contributed by atoms with Crippen LogP contribution in [-0.4, -0.2) is 11.2 Å². The first-order valence-electron chi connectivity index (χ1n) is 5.09. The van der Waals surface area contributed by atoms with Crippen molar-refractivity contribution in [3.63, 3.8) is 0 Å². The Morgan fingerprint density at radius 2 is 1.93 bits per heavy atom. The first-order chi connectivity index (χ1) is 6.67. The highest BCUT2D eigenvalue weighted by atomic mass is 15.4. The van der Waals surface area contributed by atoms with E-state index in [0.717, 1.165) is 5.70 Å². The van der Waals surface area contributed by atoms with Crippen LogP contribution in [0.15, 0.2) is 41.3 Å². The first-order valence-corrected chi connectivity index (χ1v) is 5.09. The predicted octanol–water partition coefficient (Wildman–Crippen LogP) is 3.31. The normalized spacial score (nSPS) is 20.9. The second kappa shape index (κ2) is 4.27. The summed E-state index contributed by atoms with van der Waals surface area (Å²) in [7, 11) is 0. The number of rotatable bonds is 0. The Morgan fingerprint density at radius 1 is 1.21 bits per heavy atom. The number of nitrogens with zero attached hydrogens (tertiary/aromatic N) is 2. The van der Waals surface area contributed by atoms with Gasteiger partial charge in [0.15, 0.2) is 0 Å². The van der Waals surface area contributed by atoms with Crippen LogP contribution in [0.25, 0.3) is 0 Å². The molecule has 0 radical (unpaired) electrons. The zero-order chi connectivity index (χ0) is 10.6. The molecule has 0 spiro atoms. The molecule has 0 amide bonds. The number of fused-ring (bicyclic) bond motifs is 1. The molecule has 0 bridgehead atoms. The molecule has 2 nitrogen and oxygen atoms in total. The van der Waals surface area contributed by atoms with E-state index in [4.69, 9.17) is 0 Å². The average molecular weight is 190 g/mol. The summed E-state index contributed by atoms with van der Waals surface area (Å²) in [5, 5.41) is 6.19. The molecular formula is C12H18N2. The number of hydrogen-bond donors (Lipinski definition) is 0. The zero-order valence-corrected chi connectivity index (χ0v) is 9.36. The topological polar surface area (TPSA) is 15.6 Å². The van der Waals surface area contributed by atoms with Crippen LogP contribution < -0.4 is 0 Å². The summed E-state index contributed by atoms with van der Waals surface area (Å²) in [5.41, 5.74) is 1.24. The summed E-state index contributed by atoms with van der Waals surface area (Å²) in [5.74, 6) is 0. The summed E-state index contributed by atoms with van der Waals surface area (Å²) in [6.07, 6.45) is 12.2. The maximum absolute atomic E-state index is 4.31. The van der Waals surface area contributed by atoms with Gasteiger partial charge in [-0.3, -0.25) is 0 Å². The lowest BCUT2D eigenvalue weighted by atomic mass is 9.92. The minimum Gasteiger partial charge on any atom is -0.242 e. The molecule has 0 aromatic heterocycles. The molecule has 0 saturated carbocycles. The van der Waals surface area contributed by atoms with Gasteiger partial charge < -0.3 is 0 Å². The Morgan fingerprint density at radius 3 is 2.64 bits per heavy atom. The Bertz CT molecular complexity index is 306.